The van der Waals surface area contributed by atoms with Gasteiger partial charge in [-0.3, -0.25) is 0 Å². The summed E-state index contributed by atoms with van der Waals surface area (Å²) < 4.78 is 5.17. The van der Waals surface area contributed by atoms with Crippen LogP contribution in [-0.4, -0.2) is 31.8 Å². The molecule has 0 spiro atoms. The minimum absolute atomic E-state index is 0.623. The first-order valence-electron chi connectivity index (χ1n) is 5.90. The number of hydrogen-bond donors (Lipinski definition) is 2. The molecule has 0 amide bonds. The number of rotatable bonds is 5. The topological polar surface area (TPSA) is 58.6 Å². The minimum Gasteiger partial charge on any atom is -0.496 e. The highest BCUT2D eigenvalue weighted by molar-refractivity contribution is 5.86. The molecule has 2 N–H and O–H groups in total. The van der Waals surface area contributed by atoms with Crippen LogP contribution in [0.15, 0.2) is 24.3 Å². The maximum atomic E-state index is 10.5. The zero-order valence-electron chi connectivity index (χ0n) is 11.1. The molecule has 0 radical (unpaired) electrons. The van der Waals surface area contributed by atoms with Crippen molar-refractivity contribution in [1.29, 1.82) is 0 Å². The molecule has 0 aliphatic rings. The Morgan fingerprint density at radius 1 is 1.53 bits per heavy atom. The molecule has 0 aromatic heterocycles. The van der Waals surface area contributed by atoms with Crippen molar-refractivity contribution in [3.8, 4) is 17.6 Å². The lowest BCUT2D eigenvalue weighted by Gasteiger charge is -2.04. The van der Waals surface area contributed by atoms with Gasteiger partial charge in [-0.15, -0.1) is 0 Å². The molecule has 0 fully saturated rings. The molecule has 1 aromatic carbocycles. The third-order valence-electron chi connectivity index (χ3n) is 2.37. The van der Waals surface area contributed by atoms with Crippen molar-refractivity contribution in [2.24, 2.45) is 0 Å². The van der Waals surface area contributed by atoms with Crippen molar-refractivity contribution >= 4 is 12.0 Å². The first-order valence-corrected chi connectivity index (χ1v) is 5.90. The number of hydrogen-bond acceptors (Lipinski definition) is 3. The van der Waals surface area contributed by atoms with Gasteiger partial charge in [-0.1, -0.05) is 11.8 Å². The predicted molar refractivity (Wildman–Crippen MR) is 75.1 cm³/mol. The van der Waals surface area contributed by atoms with E-state index >= 15 is 0 Å². The zero-order chi connectivity index (χ0) is 14.1. The Morgan fingerprint density at radius 2 is 2.32 bits per heavy atom. The molecular formula is C15H17NO3. The van der Waals surface area contributed by atoms with Crippen molar-refractivity contribution in [2.75, 3.05) is 20.7 Å². The highest BCUT2D eigenvalue weighted by atomic mass is 16.5. The summed E-state index contributed by atoms with van der Waals surface area (Å²) in [5, 5.41) is 11.7. The minimum atomic E-state index is -0.993. The maximum absolute atomic E-state index is 10.5. The third kappa shape index (κ3) is 5.28. The summed E-state index contributed by atoms with van der Waals surface area (Å²) in [6.07, 6.45) is 3.35. The number of methoxy groups -OCH3 is 1. The van der Waals surface area contributed by atoms with Crippen LogP contribution in [0.1, 0.15) is 17.5 Å². The number of nitrogens with one attached hydrogen (secondary N) is 1. The fourth-order valence-electron chi connectivity index (χ4n) is 1.46. The summed E-state index contributed by atoms with van der Waals surface area (Å²) in [5.41, 5.74) is 1.53. The van der Waals surface area contributed by atoms with Crippen molar-refractivity contribution < 1.29 is 14.6 Å². The van der Waals surface area contributed by atoms with Crippen LogP contribution < -0.4 is 10.1 Å². The second-order valence-electron chi connectivity index (χ2n) is 3.78. The van der Waals surface area contributed by atoms with E-state index in [9.17, 15) is 4.79 Å². The van der Waals surface area contributed by atoms with Crippen molar-refractivity contribution in [3.05, 3.63) is 35.4 Å². The van der Waals surface area contributed by atoms with Gasteiger partial charge in [0.25, 0.3) is 0 Å². The van der Waals surface area contributed by atoms with E-state index in [-0.39, 0.29) is 0 Å². The number of aliphatic carboxylic acids is 1. The van der Waals surface area contributed by atoms with Gasteiger partial charge in [-0.2, -0.15) is 0 Å². The van der Waals surface area contributed by atoms with E-state index in [1.165, 1.54) is 6.08 Å². The van der Waals surface area contributed by atoms with Crippen LogP contribution >= 0.6 is 0 Å². The van der Waals surface area contributed by atoms with Gasteiger partial charge in [0, 0.05) is 30.2 Å². The highest BCUT2D eigenvalue weighted by Crippen LogP contribution is 2.21. The maximum Gasteiger partial charge on any atom is 0.328 e. The SMILES string of the molecule is CNCCC#Cc1ccc(OC)c(/C=C/C(=O)O)c1. The summed E-state index contributed by atoms with van der Waals surface area (Å²) >= 11 is 0. The van der Waals surface area contributed by atoms with E-state index < -0.39 is 5.97 Å². The molecule has 0 bridgehead atoms. The van der Waals surface area contributed by atoms with E-state index in [0.29, 0.717) is 11.3 Å². The first-order chi connectivity index (χ1) is 9.17. The van der Waals surface area contributed by atoms with E-state index in [1.54, 1.807) is 13.2 Å². The fourth-order valence-corrected chi connectivity index (χ4v) is 1.46. The Labute approximate surface area is 113 Å². The molecule has 4 nitrogen and oxygen atoms in total. The standard InChI is InChI=1S/C15H17NO3/c1-16-10-4-3-5-12-6-8-14(19-2)13(11-12)7-9-15(17)18/h6-9,11,16H,4,10H2,1-2H3,(H,17,18)/b9-7+. The van der Waals surface area contributed by atoms with Gasteiger partial charge in [0.15, 0.2) is 0 Å². The van der Waals surface area contributed by atoms with Gasteiger partial charge >= 0.3 is 5.97 Å². The van der Waals surface area contributed by atoms with E-state index in [4.69, 9.17) is 9.84 Å². The second-order valence-corrected chi connectivity index (χ2v) is 3.78. The number of carboxylic acids is 1. The van der Waals surface area contributed by atoms with Crippen LogP contribution in [0.25, 0.3) is 6.08 Å². The Kier molecular flexibility index (Phi) is 6.20. The van der Waals surface area contributed by atoms with Crippen LogP contribution in [-0.2, 0) is 4.79 Å². The van der Waals surface area contributed by atoms with Crippen molar-refractivity contribution in [3.63, 3.8) is 0 Å². The Bertz CT molecular complexity index is 524. The molecule has 4 heteroatoms. The Morgan fingerprint density at radius 3 is 2.95 bits per heavy atom. The molecule has 0 saturated carbocycles. The molecule has 1 rings (SSSR count). The van der Waals surface area contributed by atoms with Gasteiger partial charge in [0.05, 0.1) is 7.11 Å². The number of benzene rings is 1. The average molecular weight is 259 g/mol. The Balaban J connectivity index is 2.93. The molecule has 0 heterocycles. The first kappa shape index (κ1) is 14.8. The van der Waals surface area contributed by atoms with Gasteiger partial charge in [0.2, 0.25) is 0 Å². The molecule has 0 aliphatic heterocycles. The summed E-state index contributed by atoms with van der Waals surface area (Å²) in [4.78, 5) is 10.5. The third-order valence-corrected chi connectivity index (χ3v) is 2.37. The molecule has 0 saturated heterocycles. The van der Waals surface area contributed by atoms with Crippen LogP contribution in [0.3, 0.4) is 0 Å². The average Bonchev–Trinajstić information content (AvgIpc) is 2.41. The summed E-state index contributed by atoms with van der Waals surface area (Å²) in [7, 11) is 3.43. The van der Waals surface area contributed by atoms with Crippen LogP contribution in [0, 0.1) is 11.8 Å². The summed E-state index contributed by atoms with van der Waals surface area (Å²) in [6.45, 7) is 0.842. The second kappa shape index (κ2) is 7.96. The van der Waals surface area contributed by atoms with Gasteiger partial charge in [0.1, 0.15) is 5.75 Å². The quantitative estimate of drug-likeness (QED) is 0.480. The smallest absolute Gasteiger partial charge is 0.328 e. The van der Waals surface area contributed by atoms with Crippen molar-refractivity contribution in [2.45, 2.75) is 6.42 Å². The normalized spacial score (nSPS) is 10.0. The largest absolute Gasteiger partial charge is 0.496 e. The molecule has 0 unspecified atom stereocenters. The monoisotopic (exact) mass is 259 g/mol. The lowest BCUT2D eigenvalue weighted by molar-refractivity contribution is -0.131. The van der Waals surface area contributed by atoms with Crippen LogP contribution in [0.5, 0.6) is 5.75 Å². The van der Waals surface area contributed by atoms with E-state index in [1.807, 2.05) is 19.2 Å². The highest BCUT2D eigenvalue weighted by Gasteiger charge is 2.01. The lowest BCUT2D eigenvalue weighted by atomic mass is 10.1. The van der Waals surface area contributed by atoms with Crippen molar-refractivity contribution in [1.82, 2.24) is 5.32 Å². The molecule has 0 atom stereocenters. The Hall–Kier alpha value is -2.25. The lowest BCUT2D eigenvalue weighted by Crippen LogP contribution is -2.05. The predicted octanol–water partition coefficient (Wildman–Crippen LogP) is 1.75. The molecule has 0 aliphatic carbocycles. The summed E-state index contributed by atoms with van der Waals surface area (Å²) in [5.74, 6) is 5.70. The van der Waals surface area contributed by atoms with E-state index in [0.717, 1.165) is 24.6 Å². The molecule has 1 aromatic rings. The van der Waals surface area contributed by atoms with Gasteiger partial charge in [-0.05, 0) is 31.3 Å². The van der Waals surface area contributed by atoms with Crippen LogP contribution in [0.4, 0.5) is 0 Å². The zero-order valence-corrected chi connectivity index (χ0v) is 11.1. The van der Waals surface area contributed by atoms with Crippen LogP contribution in [0.2, 0.25) is 0 Å². The number of carbonyl (C=O) groups is 1. The van der Waals surface area contributed by atoms with Gasteiger partial charge in [-0.25, -0.2) is 4.79 Å². The molecule has 19 heavy (non-hydrogen) atoms. The molecule has 100 valence electrons. The van der Waals surface area contributed by atoms with Gasteiger partial charge < -0.3 is 15.2 Å². The number of carboxylic acid groups (broad SMARTS) is 1. The molecular weight excluding hydrogens is 242 g/mol. The number of ether oxygens (including phenoxy) is 1. The summed E-state index contributed by atoms with van der Waals surface area (Å²) in [6, 6.07) is 5.44. The van der Waals surface area contributed by atoms with E-state index in [2.05, 4.69) is 17.2 Å². The fraction of sp³-hybridized carbons (Fsp3) is 0.267.